The molecule has 2 unspecified atom stereocenters. The number of nitrogens with one attached hydrogen (secondary N) is 2. The number of cyclic esters (lactones) is 2. The molecule has 10 aliphatic carbocycles. The van der Waals surface area contributed by atoms with Crippen LogP contribution in [0.4, 0.5) is 0 Å². The van der Waals surface area contributed by atoms with Gasteiger partial charge in [-0.2, -0.15) is 0 Å². The summed E-state index contributed by atoms with van der Waals surface area (Å²) in [4.78, 5) is 117. The Balaban J connectivity index is 0.000000202. The maximum Gasteiger partial charge on any atom is 0.347 e. The number of ether oxygens (including phenoxy) is 6. The van der Waals surface area contributed by atoms with Gasteiger partial charge in [0, 0.05) is 35.0 Å². The van der Waals surface area contributed by atoms with Crippen LogP contribution in [-0.2, 0) is 76.4 Å². The average molecular weight is 1290 g/mol. The third kappa shape index (κ3) is 20.2. The van der Waals surface area contributed by atoms with Crippen molar-refractivity contribution < 1.29 is 76.4 Å². The van der Waals surface area contributed by atoms with Crippen LogP contribution in [0.25, 0.3) is 0 Å². The van der Waals surface area contributed by atoms with E-state index in [1.54, 1.807) is 33.8 Å². The van der Waals surface area contributed by atoms with Crippen LogP contribution in [0.15, 0.2) is 61.8 Å². The van der Waals surface area contributed by atoms with Crippen molar-refractivity contribution in [3.8, 4) is 0 Å². The Bertz CT molecular complexity index is 2700. The molecule has 2 aliphatic heterocycles. The van der Waals surface area contributed by atoms with E-state index in [2.05, 4.69) is 48.3 Å². The summed E-state index contributed by atoms with van der Waals surface area (Å²) in [5.41, 5.74) is -1.43. The molecule has 0 aromatic carbocycles. The zero-order valence-electron chi connectivity index (χ0n) is 57.9. The van der Waals surface area contributed by atoms with E-state index < -0.39 is 46.5 Å². The fraction of sp³-hybridized carbons (Fsp3) is 0.730. The highest BCUT2D eigenvalue weighted by atomic mass is 16.6. The van der Waals surface area contributed by atoms with Gasteiger partial charge in [-0.25, -0.2) is 19.2 Å². The molecule has 8 bridgehead atoms. The number of carbonyl (C=O) groups excluding carboxylic acids is 10. The summed E-state index contributed by atoms with van der Waals surface area (Å²) in [5, 5.41) is 5.31. The molecule has 12 rings (SSSR count). The third-order valence-corrected chi connectivity index (χ3v) is 21.5. The SMILES string of the molecule is C=C(C)C(=O)NC(=O)C12CC3CC(CC(C3)C1)C2.C=C(C)C(=O)OC1CCOC1=O.C=CC1(OC(=O)C(=C)C)CCCC1.C=CC1(OC(=O)C(C)(C)CC)CCCC1.CCC(C)(C)C(=O)NC(=O)C12CC3CC(CC(C3)C1)C2.CCC(C)(C)C(=O)OC1CCOC1=O. The van der Waals surface area contributed by atoms with Gasteiger partial charge >= 0.3 is 35.8 Å². The molecule has 4 amide bonds. The second kappa shape index (κ2) is 32.3. The fourth-order valence-corrected chi connectivity index (χ4v) is 14.9. The van der Waals surface area contributed by atoms with E-state index in [-0.39, 0.29) is 69.0 Å². The summed E-state index contributed by atoms with van der Waals surface area (Å²) in [6.07, 6.45) is 27.4. The molecule has 0 aromatic heterocycles. The Labute approximate surface area is 548 Å². The van der Waals surface area contributed by atoms with Crippen molar-refractivity contribution in [2.24, 2.45) is 62.6 Å². The van der Waals surface area contributed by atoms with E-state index in [9.17, 15) is 47.9 Å². The molecular formula is C74H112N2O16. The molecule has 18 heteroatoms. The molecular weight excluding hydrogens is 1170 g/mol. The van der Waals surface area contributed by atoms with Gasteiger partial charge in [0.05, 0.1) is 34.9 Å². The lowest BCUT2D eigenvalue weighted by atomic mass is 9.49. The van der Waals surface area contributed by atoms with Gasteiger partial charge in [-0.3, -0.25) is 39.4 Å². The van der Waals surface area contributed by atoms with Crippen molar-refractivity contribution in [2.75, 3.05) is 13.2 Å². The van der Waals surface area contributed by atoms with Crippen molar-refractivity contribution in [3.05, 3.63) is 61.8 Å². The molecule has 514 valence electrons. The van der Waals surface area contributed by atoms with Gasteiger partial charge < -0.3 is 28.4 Å². The van der Waals surface area contributed by atoms with Gasteiger partial charge in [-0.05, 0) is 244 Å². The van der Waals surface area contributed by atoms with E-state index in [0.717, 1.165) is 138 Å². The highest BCUT2D eigenvalue weighted by Gasteiger charge is 2.56. The molecule has 2 N–H and O–H groups in total. The van der Waals surface area contributed by atoms with Crippen LogP contribution in [0.5, 0.6) is 0 Å². The maximum atomic E-state index is 12.7. The van der Waals surface area contributed by atoms with Gasteiger partial charge in [-0.1, -0.05) is 67.5 Å². The van der Waals surface area contributed by atoms with Crippen LogP contribution < -0.4 is 10.6 Å². The molecule has 12 fully saturated rings. The lowest BCUT2D eigenvalue weighted by Gasteiger charge is -2.55. The van der Waals surface area contributed by atoms with Crippen molar-refractivity contribution >= 4 is 59.4 Å². The zero-order chi connectivity index (χ0) is 68.8. The van der Waals surface area contributed by atoms with Crippen molar-refractivity contribution in [1.82, 2.24) is 10.6 Å². The second-order valence-electron chi connectivity index (χ2n) is 30.4. The first-order valence-electron chi connectivity index (χ1n) is 34.1. The number of rotatable bonds is 17. The number of imide groups is 2. The lowest BCUT2D eigenvalue weighted by Crippen LogP contribution is -2.55. The largest absolute Gasteiger partial charge is 0.463 e. The van der Waals surface area contributed by atoms with Crippen LogP contribution in [-0.4, -0.2) is 96.1 Å². The summed E-state index contributed by atoms with van der Waals surface area (Å²) < 4.78 is 30.1. The zero-order valence-corrected chi connectivity index (χ0v) is 57.9. The molecule has 0 spiro atoms. The minimum absolute atomic E-state index is 0.0307. The molecule has 10 saturated carbocycles. The average Bonchev–Trinajstić information content (AvgIpc) is 0.948. The normalized spacial score (nSPS) is 28.6. The Kier molecular flexibility index (Phi) is 26.9. The Morgan fingerprint density at radius 3 is 1.14 bits per heavy atom. The highest BCUT2D eigenvalue weighted by Crippen LogP contribution is 2.61. The molecule has 2 heterocycles. The molecule has 2 saturated heterocycles. The molecule has 12 aliphatic rings. The smallest absolute Gasteiger partial charge is 0.347 e. The predicted octanol–water partition coefficient (Wildman–Crippen LogP) is 13.5. The summed E-state index contributed by atoms with van der Waals surface area (Å²) >= 11 is 0. The molecule has 92 heavy (non-hydrogen) atoms. The minimum Gasteiger partial charge on any atom is -0.463 e. The Morgan fingerprint density at radius 1 is 0.489 bits per heavy atom. The van der Waals surface area contributed by atoms with Crippen LogP contribution >= 0.6 is 0 Å². The summed E-state index contributed by atoms with van der Waals surface area (Å²) in [5.74, 6) is 1.81. The van der Waals surface area contributed by atoms with Crippen molar-refractivity contribution in [3.63, 3.8) is 0 Å². The number of carbonyl (C=O) groups is 10. The first-order chi connectivity index (χ1) is 43.0. The summed E-state index contributed by atoms with van der Waals surface area (Å²) in [6, 6.07) is 0. The van der Waals surface area contributed by atoms with Gasteiger partial charge in [0.2, 0.25) is 29.9 Å². The topological polar surface area (TPSA) is 250 Å². The Morgan fingerprint density at radius 2 is 0.826 bits per heavy atom. The van der Waals surface area contributed by atoms with Crippen LogP contribution in [0.2, 0.25) is 0 Å². The van der Waals surface area contributed by atoms with E-state index >= 15 is 0 Å². The van der Waals surface area contributed by atoms with Gasteiger partial charge in [-0.15, -0.1) is 0 Å². The van der Waals surface area contributed by atoms with Crippen molar-refractivity contribution in [2.45, 2.75) is 267 Å². The third-order valence-electron chi connectivity index (χ3n) is 21.5. The number of hydrogen-bond acceptors (Lipinski definition) is 16. The van der Waals surface area contributed by atoms with E-state index in [1.807, 2.05) is 54.5 Å². The Hall–Kier alpha value is -6.20. The van der Waals surface area contributed by atoms with E-state index in [1.165, 1.54) is 45.4 Å². The van der Waals surface area contributed by atoms with Crippen LogP contribution in [0.3, 0.4) is 0 Å². The summed E-state index contributed by atoms with van der Waals surface area (Å²) in [7, 11) is 0. The quantitative estimate of drug-likeness (QED) is 0.0594. The first-order valence-corrected chi connectivity index (χ1v) is 34.1. The molecule has 0 radical (unpaired) electrons. The van der Waals surface area contributed by atoms with Gasteiger partial charge in [0.25, 0.3) is 5.91 Å². The summed E-state index contributed by atoms with van der Waals surface area (Å²) in [6.45, 7) is 40.8. The lowest BCUT2D eigenvalue weighted by molar-refractivity contribution is -0.167. The molecule has 18 nitrogen and oxygen atoms in total. The second-order valence-corrected chi connectivity index (χ2v) is 30.4. The van der Waals surface area contributed by atoms with Crippen LogP contribution in [0.1, 0.15) is 244 Å². The standard InChI is InChI=1S/C17H27NO2.C15H21NO2.C13H22O2.C11H16O2.C10H16O4.C8H10O4/c1-4-16(2,3)14(19)18-15(20)17-8-11-5-12(9-17)7-13(6-11)10-17;1-9(2)13(17)16-14(18)15-6-10-3-11(7-15)5-12(4-10)8-15;1-5-12(3,4)11(14)15-13(6-2)9-7-8-10-13;1-4-11(7-5-6-8-11)13-10(12)9(2)3;1-4-10(2,3)9(12)14-7-5-6-13-8(7)11;1-5(2)7(9)12-6-3-4-11-8(6)10/h11-13H,4-10H2,1-3H3,(H,18,19,20);10-12H,1,3-8H2,2H3,(H,16,17,18);6H,2,5,7-10H2,1,3-4H3;4H,1-2,5-8H2,3H3;7H,4-6H2,1-3H3;6H,1,3-4H2,2H3. The number of esters is 6. The van der Waals surface area contributed by atoms with Gasteiger partial charge in [0.1, 0.15) is 11.2 Å². The first kappa shape index (κ1) is 76.5. The fourth-order valence-electron chi connectivity index (χ4n) is 14.9. The van der Waals surface area contributed by atoms with E-state index in [0.29, 0.717) is 43.6 Å². The minimum atomic E-state index is -0.728. The van der Waals surface area contributed by atoms with E-state index in [4.69, 9.17) is 23.7 Å². The number of amides is 4. The molecule has 2 atom stereocenters. The van der Waals surface area contributed by atoms with Crippen LogP contribution in [0, 0.1) is 62.6 Å². The predicted molar refractivity (Wildman–Crippen MR) is 350 cm³/mol. The highest BCUT2D eigenvalue weighted by molar-refractivity contribution is 6.05. The molecule has 0 aromatic rings. The van der Waals surface area contributed by atoms with Gasteiger partial charge in [0.15, 0.2) is 0 Å². The maximum absolute atomic E-state index is 12.7. The number of hydrogen-bond donors (Lipinski definition) is 2. The van der Waals surface area contributed by atoms with Crippen molar-refractivity contribution in [1.29, 1.82) is 0 Å². The monoisotopic (exact) mass is 1280 g/mol.